The molecule has 2 amide bonds. The number of ether oxygens (including phenoxy) is 1. The van der Waals surface area contributed by atoms with Crippen molar-refractivity contribution in [2.45, 2.75) is 38.1 Å². The Hall–Kier alpha value is -1.76. The van der Waals surface area contributed by atoms with Crippen molar-refractivity contribution in [3.05, 3.63) is 11.9 Å². The summed E-state index contributed by atoms with van der Waals surface area (Å²) >= 11 is 0. The van der Waals surface area contributed by atoms with E-state index in [0.717, 1.165) is 5.06 Å². The fraction of sp³-hybridized carbons (Fsp3) is 0.727. The van der Waals surface area contributed by atoms with Crippen LogP contribution < -0.4 is 0 Å². The average Bonchev–Trinajstić information content (AvgIpc) is 3.00. The molecule has 0 aliphatic carbocycles. The van der Waals surface area contributed by atoms with Crippen LogP contribution in [0, 0.1) is 0 Å². The van der Waals surface area contributed by atoms with Crippen molar-refractivity contribution in [1.29, 1.82) is 0 Å². The van der Waals surface area contributed by atoms with E-state index in [1.54, 1.807) is 18.0 Å². The van der Waals surface area contributed by atoms with Crippen molar-refractivity contribution in [2.24, 2.45) is 0 Å². The third-order valence-electron chi connectivity index (χ3n) is 3.90. The summed E-state index contributed by atoms with van der Waals surface area (Å²) in [5.74, 6) is 0. The molecule has 3 heterocycles. The molecule has 2 saturated heterocycles. The van der Waals surface area contributed by atoms with E-state index in [1.165, 1.54) is 4.90 Å². The van der Waals surface area contributed by atoms with Gasteiger partial charge in [-0.15, -0.1) is 9.38 Å². The maximum atomic E-state index is 12.3. The van der Waals surface area contributed by atoms with Crippen LogP contribution >= 0.6 is 0 Å². The lowest BCUT2D eigenvalue weighted by atomic mass is 10.0. The molecular formula is C11H17N5O6S. The van der Waals surface area contributed by atoms with Gasteiger partial charge < -0.3 is 9.64 Å². The van der Waals surface area contributed by atoms with E-state index < -0.39 is 16.4 Å². The molecule has 11 nitrogen and oxygen atoms in total. The van der Waals surface area contributed by atoms with Crippen LogP contribution in [0.3, 0.4) is 0 Å². The summed E-state index contributed by atoms with van der Waals surface area (Å²) in [5.41, 5.74) is 0.685. The zero-order valence-corrected chi connectivity index (χ0v) is 13.2. The molecule has 0 spiro atoms. The van der Waals surface area contributed by atoms with Crippen molar-refractivity contribution in [3.63, 3.8) is 0 Å². The van der Waals surface area contributed by atoms with Crippen LogP contribution in [0.25, 0.3) is 0 Å². The monoisotopic (exact) mass is 347 g/mol. The summed E-state index contributed by atoms with van der Waals surface area (Å²) in [6, 6.07) is -1.11. The Morgan fingerprint density at radius 2 is 2.22 bits per heavy atom. The van der Waals surface area contributed by atoms with E-state index in [0.29, 0.717) is 38.2 Å². The summed E-state index contributed by atoms with van der Waals surface area (Å²) < 4.78 is 41.4. The second-order valence-corrected chi connectivity index (χ2v) is 6.52. The van der Waals surface area contributed by atoms with Crippen LogP contribution in [0.4, 0.5) is 4.79 Å². The number of nitrogens with zero attached hydrogens (tertiary/aromatic N) is 5. The molecule has 12 heteroatoms. The van der Waals surface area contributed by atoms with Gasteiger partial charge in [-0.2, -0.15) is 13.5 Å². The maximum absolute atomic E-state index is 12.3. The quantitative estimate of drug-likeness (QED) is 0.678. The first-order valence-electron chi connectivity index (χ1n) is 7.02. The normalized spacial score (nSPS) is 24.5. The molecule has 2 aliphatic rings. The average molecular weight is 347 g/mol. The smallest absolute Gasteiger partial charge is 0.378 e. The molecule has 1 N–H and O–H groups in total. The lowest BCUT2D eigenvalue weighted by Gasteiger charge is -2.29. The Morgan fingerprint density at radius 1 is 1.43 bits per heavy atom. The molecule has 0 saturated carbocycles. The Labute approximate surface area is 132 Å². The third kappa shape index (κ3) is 3.44. The number of hydrogen-bond acceptors (Lipinski definition) is 7. The van der Waals surface area contributed by atoms with Crippen molar-refractivity contribution in [3.8, 4) is 0 Å². The minimum atomic E-state index is -4.72. The van der Waals surface area contributed by atoms with Crippen LogP contribution in [0.5, 0.6) is 0 Å². The van der Waals surface area contributed by atoms with Gasteiger partial charge in [0, 0.05) is 13.7 Å². The fourth-order valence-electron chi connectivity index (χ4n) is 2.96. The van der Waals surface area contributed by atoms with Gasteiger partial charge in [0.15, 0.2) is 0 Å². The number of hydroxylamine groups is 2. The van der Waals surface area contributed by atoms with E-state index in [1.807, 2.05) is 0 Å². The number of carbonyl (C=O) groups is 1. The van der Waals surface area contributed by atoms with Crippen LogP contribution in [0.15, 0.2) is 6.20 Å². The molecule has 0 unspecified atom stereocenters. The molecule has 1 aromatic heterocycles. The van der Waals surface area contributed by atoms with Crippen molar-refractivity contribution in [2.75, 3.05) is 13.7 Å². The van der Waals surface area contributed by atoms with E-state index in [2.05, 4.69) is 14.6 Å². The third-order valence-corrected chi connectivity index (χ3v) is 4.25. The van der Waals surface area contributed by atoms with Crippen LogP contribution in [-0.4, -0.2) is 69.7 Å². The van der Waals surface area contributed by atoms with Crippen molar-refractivity contribution < 1.29 is 26.8 Å². The number of methoxy groups -OCH3 is 1. The highest BCUT2D eigenvalue weighted by Gasteiger charge is 2.47. The summed E-state index contributed by atoms with van der Waals surface area (Å²) in [4.78, 5) is 13.8. The topological polar surface area (TPSA) is 127 Å². The highest BCUT2D eigenvalue weighted by atomic mass is 32.3. The van der Waals surface area contributed by atoms with Crippen LogP contribution in [0.1, 0.15) is 18.5 Å². The zero-order valence-electron chi connectivity index (χ0n) is 12.4. The SMILES string of the molecule is COCc1cn(C[C@@H]2CC[C@@H]3CN2C(=O)N3OS(=O)(=O)O)nn1. The van der Waals surface area contributed by atoms with Gasteiger partial charge in [0.05, 0.1) is 31.4 Å². The van der Waals surface area contributed by atoms with E-state index in [4.69, 9.17) is 9.29 Å². The van der Waals surface area contributed by atoms with Crippen molar-refractivity contribution >= 4 is 16.4 Å². The number of fused-ring (bicyclic) bond motifs is 2. The largest absolute Gasteiger partial charge is 0.418 e. The Balaban J connectivity index is 1.68. The second kappa shape index (κ2) is 6.03. The number of aromatic nitrogens is 3. The molecule has 2 atom stereocenters. The van der Waals surface area contributed by atoms with Crippen LogP contribution in [-0.2, 0) is 32.6 Å². The van der Waals surface area contributed by atoms with Gasteiger partial charge in [0.25, 0.3) is 0 Å². The predicted molar refractivity (Wildman–Crippen MR) is 74.1 cm³/mol. The molecule has 3 rings (SSSR count). The Morgan fingerprint density at radius 3 is 2.91 bits per heavy atom. The molecule has 2 fully saturated rings. The second-order valence-electron chi connectivity index (χ2n) is 5.51. The van der Waals surface area contributed by atoms with Gasteiger partial charge >= 0.3 is 16.4 Å². The number of hydrogen-bond donors (Lipinski definition) is 1. The molecule has 2 aliphatic heterocycles. The number of rotatable bonds is 6. The van der Waals surface area contributed by atoms with Gasteiger partial charge in [-0.05, 0) is 12.8 Å². The highest BCUT2D eigenvalue weighted by molar-refractivity contribution is 7.80. The summed E-state index contributed by atoms with van der Waals surface area (Å²) in [6.07, 6.45) is 2.98. The minimum Gasteiger partial charge on any atom is -0.378 e. The number of amides is 2. The molecule has 23 heavy (non-hydrogen) atoms. The molecule has 128 valence electrons. The molecule has 2 bridgehead atoms. The van der Waals surface area contributed by atoms with E-state index in [9.17, 15) is 13.2 Å². The van der Waals surface area contributed by atoms with Gasteiger partial charge in [-0.1, -0.05) is 5.21 Å². The molecule has 1 aromatic rings. The molecule has 0 aromatic carbocycles. The first-order chi connectivity index (χ1) is 10.9. The number of piperidine rings is 1. The van der Waals surface area contributed by atoms with Gasteiger partial charge in [0.1, 0.15) is 5.69 Å². The maximum Gasteiger partial charge on any atom is 0.418 e. The standard InChI is InChI=1S/C11H17N5O6S/c1-21-7-8-4-14(13-12-8)5-9-2-3-10-6-15(9)11(17)16(10)22-23(18,19)20/h4,9-10H,2-3,5-7H2,1H3,(H,18,19,20)/t9-,10+/m0/s1. The van der Waals surface area contributed by atoms with E-state index in [-0.39, 0.29) is 12.1 Å². The van der Waals surface area contributed by atoms with Gasteiger partial charge in [-0.3, -0.25) is 9.23 Å². The van der Waals surface area contributed by atoms with Gasteiger partial charge in [-0.25, -0.2) is 4.79 Å². The summed E-state index contributed by atoms with van der Waals surface area (Å²) in [5, 5.41) is 8.66. The summed E-state index contributed by atoms with van der Waals surface area (Å²) in [6.45, 7) is 1.14. The van der Waals surface area contributed by atoms with Crippen molar-refractivity contribution in [1.82, 2.24) is 25.0 Å². The molecule has 0 radical (unpaired) electrons. The lowest BCUT2D eigenvalue weighted by Crippen LogP contribution is -2.42. The Bertz CT molecular complexity index is 691. The fourth-order valence-corrected chi connectivity index (χ4v) is 3.35. The molecular weight excluding hydrogens is 330 g/mol. The number of carbonyl (C=O) groups excluding carboxylic acids is 1. The van der Waals surface area contributed by atoms with Gasteiger partial charge in [0.2, 0.25) is 0 Å². The zero-order chi connectivity index (χ0) is 16.6. The highest BCUT2D eigenvalue weighted by Crippen LogP contribution is 2.31. The lowest BCUT2D eigenvalue weighted by molar-refractivity contribution is -0.0317. The predicted octanol–water partition coefficient (Wildman–Crippen LogP) is -0.572. The summed E-state index contributed by atoms with van der Waals surface area (Å²) in [7, 11) is -3.16. The minimum absolute atomic E-state index is 0.147. The first kappa shape index (κ1) is 16.1. The number of urea groups is 1. The van der Waals surface area contributed by atoms with E-state index >= 15 is 0 Å². The Kier molecular flexibility index (Phi) is 4.23. The van der Waals surface area contributed by atoms with Crippen LogP contribution in [0.2, 0.25) is 0 Å². The first-order valence-corrected chi connectivity index (χ1v) is 8.38.